The number of hydrogen-bond acceptors (Lipinski definition) is 5. The predicted molar refractivity (Wildman–Crippen MR) is 77.9 cm³/mol. The van der Waals surface area contributed by atoms with Crippen molar-refractivity contribution in [3.63, 3.8) is 0 Å². The van der Waals surface area contributed by atoms with Gasteiger partial charge in [0.1, 0.15) is 10.7 Å². The maximum Gasteiger partial charge on any atom is 0.264 e. The Morgan fingerprint density at radius 1 is 1.29 bits per heavy atom. The number of benzene rings is 1. The molecular weight excluding hydrogens is 345 g/mol. The molecule has 0 aliphatic carbocycles. The molecule has 0 radical (unpaired) electrons. The van der Waals surface area contributed by atoms with Crippen LogP contribution in [0.5, 0.6) is 0 Å². The van der Waals surface area contributed by atoms with Crippen molar-refractivity contribution in [2.75, 3.05) is 17.1 Å². The Kier molecular flexibility index (Phi) is 5.97. The molecule has 10 heteroatoms. The number of ether oxygens (including phenoxy) is 1. The smallest absolute Gasteiger partial charge is 0.264 e. The first-order valence-electron chi connectivity index (χ1n) is 5.87. The molecule has 1 aromatic carbocycles. The molecule has 6 nitrogen and oxygen atoms in total. The summed E-state index contributed by atoms with van der Waals surface area (Å²) in [5.41, 5.74) is -0.0962. The molecule has 0 heterocycles. The van der Waals surface area contributed by atoms with Gasteiger partial charge in [0.15, 0.2) is 0 Å². The van der Waals surface area contributed by atoms with E-state index >= 15 is 0 Å². The Hall–Kier alpha value is -0.900. The Morgan fingerprint density at radius 3 is 2.38 bits per heavy atom. The van der Waals surface area contributed by atoms with Gasteiger partial charge in [0, 0.05) is 10.7 Å². The zero-order chi connectivity index (χ0) is 16.3. The van der Waals surface area contributed by atoms with Crippen molar-refractivity contribution in [2.24, 2.45) is 0 Å². The van der Waals surface area contributed by atoms with Crippen molar-refractivity contribution in [2.45, 2.75) is 24.8 Å². The summed E-state index contributed by atoms with van der Waals surface area (Å²) in [4.78, 5) is -0.713. The number of nitrogens with one attached hydrogen (secondary N) is 1. The van der Waals surface area contributed by atoms with E-state index in [1.807, 2.05) is 0 Å². The molecule has 0 aromatic heterocycles. The topological polar surface area (TPSA) is 89.5 Å². The summed E-state index contributed by atoms with van der Waals surface area (Å²) in [6.07, 6.45) is -0.106. The normalized spacial score (nSPS) is 12.6. The standard InChI is InChI=1S/C11H15ClFNO5S2/c1-8(2)19-5-6-20(15,16)14-9-3-4-11(10(13)7-9)21(12,17)18/h3-4,7-8,14H,5-6H2,1-2H3. The fraction of sp³-hybridized carbons (Fsp3) is 0.455. The van der Waals surface area contributed by atoms with Gasteiger partial charge >= 0.3 is 0 Å². The lowest BCUT2D eigenvalue weighted by Gasteiger charge is -2.10. The Labute approximate surface area is 127 Å². The zero-order valence-corrected chi connectivity index (χ0v) is 13.7. The molecule has 0 saturated carbocycles. The van der Waals surface area contributed by atoms with Crippen LogP contribution in [0.25, 0.3) is 0 Å². The summed E-state index contributed by atoms with van der Waals surface area (Å²) >= 11 is 0. The Balaban J connectivity index is 2.82. The third kappa shape index (κ3) is 6.16. The SMILES string of the molecule is CC(C)OCCS(=O)(=O)Nc1ccc(S(=O)(=O)Cl)c(F)c1. The number of rotatable bonds is 7. The molecule has 0 spiro atoms. The first kappa shape index (κ1) is 18.1. The van der Waals surface area contributed by atoms with Gasteiger partial charge in [-0.25, -0.2) is 21.2 Å². The molecule has 120 valence electrons. The molecular formula is C11H15ClFNO5S2. The van der Waals surface area contributed by atoms with Gasteiger partial charge in [-0.2, -0.15) is 0 Å². The van der Waals surface area contributed by atoms with E-state index in [-0.39, 0.29) is 24.2 Å². The van der Waals surface area contributed by atoms with Crippen molar-refractivity contribution in [3.8, 4) is 0 Å². The van der Waals surface area contributed by atoms with Crippen LogP contribution in [-0.4, -0.2) is 35.3 Å². The molecule has 1 aromatic rings. The van der Waals surface area contributed by atoms with E-state index in [1.165, 1.54) is 0 Å². The van der Waals surface area contributed by atoms with Crippen LogP contribution >= 0.6 is 10.7 Å². The maximum atomic E-state index is 13.6. The number of halogens is 2. The van der Waals surface area contributed by atoms with Crippen LogP contribution in [0.3, 0.4) is 0 Å². The summed E-state index contributed by atoms with van der Waals surface area (Å²) in [5, 5.41) is 0. The lowest BCUT2D eigenvalue weighted by Crippen LogP contribution is -2.21. The molecule has 0 saturated heterocycles. The Bertz CT molecular complexity index is 703. The average Bonchev–Trinajstić information content (AvgIpc) is 2.25. The first-order valence-corrected chi connectivity index (χ1v) is 9.84. The molecule has 0 amide bonds. The monoisotopic (exact) mass is 359 g/mol. The molecule has 21 heavy (non-hydrogen) atoms. The van der Waals surface area contributed by atoms with Gasteiger partial charge in [0.05, 0.1) is 24.2 Å². The minimum atomic E-state index is -4.22. The van der Waals surface area contributed by atoms with Gasteiger partial charge in [-0.05, 0) is 32.0 Å². The third-order valence-electron chi connectivity index (χ3n) is 2.27. The number of hydrogen-bond donors (Lipinski definition) is 1. The van der Waals surface area contributed by atoms with Crippen LogP contribution in [0.15, 0.2) is 23.1 Å². The van der Waals surface area contributed by atoms with Gasteiger partial charge in [-0.3, -0.25) is 4.72 Å². The maximum absolute atomic E-state index is 13.6. The van der Waals surface area contributed by atoms with Gasteiger partial charge in [-0.15, -0.1) is 0 Å². The molecule has 1 rings (SSSR count). The average molecular weight is 360 g/mol. The second-order valence-electron chi connectivity index (χ2n) is 4.42. The van der Waals surface area contributed by atoms with E-state index in [4.69, 9.17) is 15.4 Å². The van der Waals surface area contributed by atoms with Gasteiger partial charge in [0.2, 0.25) is 10.0 Å². The highest BCUT2D eigenvalue weighted by atomic mass is 35.7. The molecule has 0 atom stereocenters. The summed E-state index contributed by atoms with van der Waals surface area (Å²) in [6, 6.07) is 2.75. The third-order valence-corrected chi connectivity index (χ3v) is 4.88. The molecule has 0 bridgehead atoms. The van der Waals surface area contributed by atoms with Crippen LogP contribution in [0, 0.1) is 5.82 Å². The predicted octanol–water partition coefficient (Wildman–Crippen LogP) is 1.92. The molecule has 1 N–H and O–H groups in total. The highest BCUT2D eigenvalue weighted by molar-refractivity contribution is 8.13. The number of sulfonamides is 1. The van der Waals surface area contributed by atoms with Crippen molar-refractivity contribution < 1.29 is 26.0 Å². The summed E-state index contributed by atoms with van der Waals surface area (Å²) in [6.45, 7) is 3.52. The summed E-state index contributed by atoms with van der Waals surface area (Å²) < 4.78 is 66.3. The lowest BCUT2D eigenvalue weighted by molar-refractivity contribution is 0.0913. The minimum absolute atomic E-state index is 0.0103. The van der Waals surface area contributed by atoms with Crippen molar-refractivity contribution in [1.29, 1.82) is 0 Å². The van der Waals surface area contributed by atoms with Crippen molar-refractivity contribution >= 4 is 35.4 Å². The van der Waals surface area contributed by atoms with Crippen LogP contribution in [-0.2, 0) is 23.8 Å². The molecule has 0 aliphatic heterocycles. The molecule has 0 unspecified atom stereocenters. The summed E-state index contributed by atoms with van der Waals surface area (Å²) in [7, 11) is -2.91. The van der Waals surface area contributed by atoms with Gasteiger partial charge < -0.3 is 4.74 Å². The lowest BCUT2D eigenvalue weighted by atomic mass is 10.3. The zero-order valence-electron chi connectivity index (χ0n) is 11.3. The fourth-order valence-electron chi connectivity index (χ4n) is 1.39. The minimum Gasteiger partial charge on any atom is -0.378 e. The van der Waals surface area contributed by atoms with E-state index in [1.54, 1.807) is 13.8 Å². The van der Waals surface area contributed by atoms with E-state index in [2.05, 4.69) is 4.72 Å². The van der Waals surface area contributed by atoms with E-state index < -0.39 is 29.8 Å². The van der Waals surface area contributed by atoms with E-state index in [9.17, 15) is 21.2 Å². The highest BCUT2D eigenvalue weighted by Crippen LogP contribution is 2.22. The van der Waals surface area contributed by atoms with Crippen molar-refractivity contribution in [3.05, 3.63) is 24.0 Å². The molecule has 0 aliphatic rings. The second-order valence-corrected chi connectivity index (χ2v) is 8.80. The van der Waals surface area contributed by atoms with Crippen LogP contribution in [0.1, 0.15) is 13.8 Å². The highest BCUT2D eigenvalue weighted by Gasteiger charge is 2.18. The Morgan fingerprint density at radius 2 is 1.90 bits per heavy atom. The first-order chi connectivity index (χ1) is 9.51. The van der Waals surface area contributed by atoms with Gasteiger partial charge in [0.25, 0.3) is 9.05 Å². The van der Waals surface area contributed by atoms with Crippen molar-refractivity contribution in [1.82, 2.24) is 0 Å². The number of anilines is 1. The van der Waals surface area contributed by atoms with Crippen LogP contribution < -0.4 is 4.72 Å². The summed E-state index contributed by atoms with van der Waals surface area (Å²) in [5.74, 6) is -1.44. The quantitative estimate of drug-likeness (QED) is 0.751. The van der Waals surface area contributed by atoms with E-state index in [0.717, 1.165) is 18.2 Å². The molecule has 0 fully saturated rings. The second kappa shape index (κ2) is 6.91. The van der Waals surface area contributed by atoms with Gasteiger partial charge in [-0.1, -0.05) is 0 Å². The fourth-order valence-corrected chi connectivity index (χ4v) is 3.19. The van der Waals surface area contributed by atoms with Crippen LogP contribution in [0.2, 0.25) is 0 Å². The van der Waals surface area contributed by atoms with Crippen LogP contribution in [0.4, 0.5) is 10.1 Å². The van der Waals surface area contributed by atoms with E-state index in [0.29, 0.717) is 0 Å². The largest absolute Gasteiger partial charge is 0.378 e.